The summed E-state index contributed by atoms with van der Waals surface area (Å²) in [6.07, 6.45) is 1.75. The summed E-state index contributed by atoms with van der Waals surface area (Å²) in [5.74, 6) is 0.478. The fourth-order valence-electron chi connectivity index (χ4n) is 1.55. The Labute approximate surface area is 118 Å². The van der Waals surface area contributed by atoms with Crippen molar-refractivity contribution in [1.82, 2.24) is 4.98 Å². The Morgan fingerprint density at radius 2 is 2.11 bits per heavy atom. The molecule has 0 atom stereocenters. The topological polar surface area (TPSA) is 38.9 Å². The molecular formula is C13H12BrFN2S. The van der Waals surface area contributed by atoms with Gasteiger partial charge in [-0.3, -0.25) is 0 Å². The standard InChI is InChI=1S/C13H12BrFN2S/c14-12-2-1-5-17-13(12)18-8-9-3-4-11(15)6-10(9)7-16/h1-6H,7-8,16H2. The summed E-state index contributed by atoms with van der Waals surface area (Å²) in [5, 5.41) is 0.921. The van der Waals surface area contributed by atoms with Crippen LogP contribution in [0, 0.1) is 5.82 Å². The summed E-state index contributed by atoms with van der Waals surface area (Å²) >= 11 is 5.05. The van der Waals surface area contributed by atoms with E-state index < -0.39 is 0 Å². The highest BCUT2D eigenvalue weighted by molar-refractivity contribution is 9.10. The zero-order chi connectivity index (χ0) is 13.0. The van der Waals surface area contributed by atoms with E-state index in [1.54, 1.807) is 24.0 Å². The second kappa shape index (κ2) is 6.31. The number of hydrogen-bond donors (Lipinski definition) is 1. The highest BCUT2D eigenvalue weighted by Gasteiger charge is 2.06. The van der Waals surface area contributed by atoms with Crippen molar-refractivity contribution in [3.8, 4) is 0 Å². The lowest BCUT2D eigenvalue weighted by Gasteiger charge is -2.08. The molecule has 0 saturated heterocycles. The average Bonchev–Trinajstić information content (AvgIpc) is 2.39. The second-order valence-electron chi connectivity index (χ2n) is 3.70. The quantitative estimate of drug-likeness (QED) is 0.870. The first-order valence-corrected chi connectivity index (χ1v) is 7.19. The number of thioether (sulfide) groups is 1. The Morgan fingerprint density at radius 3 is 2.83 bits per heavy atom. The highest BCUT2D eigenvalue weighted by Crippen LogP contribution is 2.28. The van der Waals surface area contributed by atoms with Crippen molar-refractivity contribution in [3.63, 3.8) is 0 Å². The molecule has 2 N–H and O–H groups in total. The van der Waals surface area contributed by atoms with Crippen LogP contribution in [0.15, 0.2) is 46.0 Å². The summed E-state index contributed by atoms with van der Waals surface area (Å²) in [5.41, 5.74) is 7.50. The van der Waals surface area contributed by atoms with Gasteiger partial charge in [-0.2, -0.15) is 0 Å². The lowest BCUT2D eigenvalue weighted by Crippen LogP contribution is -2.01. The number of nitrogens with zero attached hydrogens (tertiary/aromatic N) is 1. The Bertz CT molecular complexity index is 548. The van der Waals surface area contributed by atoms with Crippen LogP contribution < -0.4 is 5.73 Å². The molecule has 1 heterocycles. The van der Waals surface area contributed by atoms with E-state index in [2.05, 4.69) is 20.9 Å². The summed E-state index contributed by atoms with van der Waals surface area (Å²) in [6, 6.07) is 8.55. The number of rotatable bonds is 4. The molecule has 0 radical (unpaired) electrons. The van der Waals surface area contributed by atoms with Gasteiger partial charge in [-0.05, 0) is 51.3 Å². The molecule has 0 fully saturated rings. The molecule has 18 heavy (non-hydrogen) atoms. The Kier molecular flexibility index (Phi) is 4.74. The number of halogens is 2. The molecule has 1 aromatic heterocycles. The Morgan fingerprint density at radius 1 is 1.28 bits per heavy atom. The molecule has 0 aliphatic heterocycles. The van der Waals surface area contributed by atoms with Crippen molar-refractivity contribution < 1.29 is 4.39 Å². The van der Waals surface area contributed by atoms with Crippen LogP contribution in [0.2, 0.25) is 0 Å². The van der Waals surface area contributed by atoms with Gasteiger partial charge in [0.1, 0.15) is 10.8 Å². The van der Waals surface area contributed by atoms with Gasteiger partial charge in [0.15, 0.2) is 0 Å². The molecule has 5 heteroatoms. The van der Waals surface area contributed by atoms with Crippen LogP contribution in [-0.4, -0.2) is 4.98 Å². The molecule has 0 aliphatic carbocycles. The van der Waals surface area contributed by atoms with Gasteiger partial charge in [0.05, 0.1) is 0 Å². The zero-order valence-corrected chi connectivity index (χ0v) is 12.0. The minimum absolute atomic E-state index is 0.247. The van der Waals surface area contributed by atoms with Gasteiger partial charge in [0.25, 0.3) is 0 Å². The summed E-state index contributed by atoms with van der Waals surface area (Å²) < 4.78 is 14.0. The van der Waals surface area contributed by atoms with Crippen LogP contribution in [0.4, 0.5) is 4.39 Å². The molecule has 94 valence electrons. The first-order valence-electron chi connectivity index (χ1n) is 5.41. The molecular weight excluding hydrogens is 315 g/mol. The van der Waals surface area contributed by atoms with Crippen LogP contribution in [-0.2, 0) is 12.3 Å². The Hall–Kier alpha value is -0.910. The van der Waals surface area contributed by atoms with Crippen molar-refractivity contribution in [1.29, 1.82) is 0 Å². The number of aromatic nitrogens is 1. The van der Waals surface area contributed by atoms with Gasteiger partial charge in [-0.25, -0.2) is 9.37 Å². The number of hydrogen-bond acceptors (Lipinski definition) is 3. The molecule has 2 rings (SSSR count). The molecule has 0 unspecified atom stereocenters. The monoisotopic (exact) mass is 326 g/mol. The molecule has 2 nitrogen and oxygen atoms in total. The van der Waals surface area contributed by atoms with Gasteiger partial charge < -0.3 is 5.73 Å². The maximum atomic E-state index is 13.1. The summed E-state index contributed by atoms with van der Waals surface area (Å²) in [6.45, 7) is 0.344. The van der Waals surface area contributed by atoms with Gasteiger partial charge >= 0.3 is 0 Å². The SMILES string of the molecule is NCc1cc(F)ccc1CSc1ncccc1Br. The normalized spacial score (nSPS) is 10.6. The fraction of sp³-hybridized carbons (Fsp3) is 0.154. The zero-order valence-electron chi connectivity index (χ0n) is 9.57. The predicted octanol–water partition coefficient (Wildman–Crippen LogP) is 3.73. The second-order valence-corrected chi connectivity index (χ2v) is 5.51. The van der Waals surface area contributed by atoms with Crippen molar-refractivity contribution in [2.45, 2.75) is 17.3 Å². The largest absolute Gasteiger partial charge is 0.326 e. The molecule has 0 spiro atoms. The van der Waals surface area contributed by atoms with E-state index in [9.17, 15) is 4.39 Å². The summed E-state index contributed by atoms with van der Waals surface area (Å²) in [4.78, 5) is 4.28. The van der Waals surface area contributed by atoms with Crippen LogP contribution in [0.25, 0.3) is 0 Å². The van der Waals surface area contributed by atoms with Gasteiger partial charge in [-0.1, -0.05) is 6.07 Å². The van der Waals surface area contributed by atoms with Crippen LogP contribution >= 0.6 is 27.7 Å². The number of pyridine rings is 1. The minimum atomic E-state index is -0.247. The first-order chi connectivity index (χ1) is 8.70. The highest BCUT2D eigenvalue weighted by atomic mass is 79.9. The smallest absolute Gasteiger partial charge is 0.123 e. The fourth-order valence-corrected chi connectivity index (χ4v) is 3.06. The van der Waals surface area contributed by atoms with E-state index in [1.165, 1.54) is 12.1 Å². The van der Waals surface area contributed by atoms with Gasteiger partial charge in [0.2, 0.25) is 0 Å². The average molecular weight is 327 g/mol. The number of nitrogens with two attached hydrogens (primary N) is 1. The van der Waals surface area contributed by atoms with Crippen LogP contribution in [0.5, 0.6) is 0 Å². The van der Waals surface area contributed by atoms with Crippen LogP contribution in [0.3, 0.4) is 0 Å². The van der Waals surface area contributed by atoms with E-state index in [0.29, 0.717) is 6.54 Å². The lowest BCUT2D eigenvalue weighted by molar-refractivity contribution is 0.624. The van der Waals surface area contributed by atoms with Crippen molar-refractivity contribution >= 4 is 27.7 Å². The van der Waals surface area contributed by atoms with E-state index in [4.69, 9.17) is 5.73 Å². The number of benzene rings is 1. The maximum Gasteiger partial charge on any atom is 0.123 e. The third-order valence-electron chi connectivity index (χ3n) is 2.48. The maximum absolute atomic E-state index is 13.1. The van der Waals surface area contributed by atoms with Crippen LogP contribution in [0.1, 0.15) is 11.1 Å². The molecule has 1 aromatic carbocycles. The van der Waals surface area contributed by atoms with E-state index in [1.807, 2.05) is 12.1 Å². The molecule has 2 aromatic rings. The molecule has 0 aliphatic rings. The van der Waals surface area contributed by atoms with Gasteiger partial charge in [0, 0.05) is 23.0 Å². The van der Waals surface area contributed by atoms with E-state index >= 15 is 0 Å². The van der Waals surface area contributed by atoms with Crippen molar-refractivity contribution in [3.05, 3.63) is 57.9 Å². The third-order valence-corrected chi connectivity index (χ3v) is 4.43. The van der Waals surface area contributed by atoms with E-state index in [-0.39, 0.29) is 5.82 Å². The van der Waals surface area contributed by atoms with Gasteiger partial charge in [-0.15, -0.1) is 11.8 Å². The lowest BCUT2D eigenvalue weighted by atomic mass is 10.1. The predicted molar refractivity (Wildman–Crippen MR) is 75.8 cm³/mol. The van der Waals surface area contributed by atoms with Crippen molar-refractivity contribution in [2.75, 3.05) is 0 Å². The summed E-state index contributed by atoms with van der Waals surface area (Å²) in [7, 11) is 0. The third kappa shape index (κ3) is 3.31. The molecule has 0 saturated carbocycles. The molecule has 0 amide bonds. The minimum Gasteiger partial charge on any atom is -0.326 e. The molecule has 0 bridgehead atoms. The Balaban J connectivity index is 2.13. The van der Waals surface area contributed by atoms with E-state index in [0.717, 1.165) is 26.4 Å². The first kappa shape index (κ1) is 13.5. The van der Waals surface area contributed by atoms with Crippen molar-refractivity contribution in [2.24, 2.45) is 5.73 Å².